The molecule has 10 heteroatoms. The van der Waals surface area contributed by atoms with Gasteiger partial charge >= 0.3 is 0 Å². The SMILES string of the molecule is COc1ccc(Cl)cc1C(Nc1ccccc1S(=O)(=O)N1CCOCC1)C(N)=O. The first-order chi connectivity index (χ1) is 13.8. The Balaban J connectivity index is 2.01. The van der Waals surface area contributed by atoms with Crippen molar-refractivity contribution in [2.24, 2.45) is 5.73 Å². The van der Waals surface area contributed by atoms with Crippen LogP contribution in [0.5, 0.6) is 5.75 Å². The number of carbonyl (C=O) groups excluding carboxylic acids is 1. The quantitative estimate of drug-likeness (QED) is 0.682. The fourth-order valence-corrected chi connectivity index (χ4v) is 4.87. The zero-order chi connectivity index (χ0) is 21.0. The fraction of sp³-hybridized carbons (Fsp3) is 0.316. The predicted molar refractivity (Wildman–Crippen MR) is 110 cm³/mol. The number of morpholine rings is 1. The lowest BCUT2D eigenvalue weighted by molar-refractivity contribution is -0.118. The Labute approximate surface area is 174 Å². The van der Waals surface area contributed by atoms with E-state index in [1.54, 1.807) is 36.4 Å². The van der Waals surface area contributed by atoms with E-state index in [9.17, 15) is 13.2 Å². The molecule has 0 saturated carbocycles. The molecule has 1 amide bonds. The smallest absolute Gasteiger partial charge is 0.245 e. The average molecular weight is 440 g/mol. The molecule has 0 aliphatic carbocycles. The van der Waals surface area contributed by atoms with Crippen LogP contribution in [0.25, 0.3) is 0 Å². The lowest BCUT2D eigenvalue weighted by atomic mass is 10.0. The molecule has 1 unspecified atom stereocenters. The van der Waals surface area contributed by atoms with Gasteiger partial charge in [0, 0.05) is 23.7 Å². The Kier molecular flexibility index (Phi) is 6.63. The topological polar surface area (TPSA) is 111 Å². The molecule has 29 heavy (non-hydrogen) atoms. The Morgan fingerprint density at radius 1 is 1.24 bits per heavy atom. The van der Waals surface area contributed by atoms with Crippen LogP contribution in [0.1, 0.15) is 11.6 Å². The van der Waals surface area contributed by atoms with Crippen molar-refractivity contribution in [1.29, 1.82) is 0 Å². The van der Waals surface area contributed by atoms with Crippen LogP contribution >= 0.6 is 11.6 Å². The minimum absolute atomic E-state index is 0.0501. The van der Waals surface area contributed by atoms with Crippen LogP contribution in [0, 0.1) is 0 Å². The van der Waals surface area contributed by atoms with Crippen molar-refractivity contribution in [3.05, 3.63) is 53.1 Å². The highest BCUT2D eigenvalue weighted by atomic mass is 35.5. The van der Waals surface area contributed by atoms with Gasteiger partial charge in [0.2, 0.25) is 15.9 Å². The van der Waals surface area contributed by atoms with E-state index >= 15 is 0 Å². The molecule has 2 aromatic carbocycles. The normalized spacial score (nSPS) is 16.2. The highest BCUT2D eigenvalue weighted by molar-refractivity contribution is 7.89. The summed E-state index contributed by atoms with van der Waals surface area (Å²) in [5, 5.41) is 3.35. The second kappa shape index (κ2) is 9.00. The third kappa shape index (κ3) is 4.64. The minimum atomic E-state index is -3.79. The largest absolute Gasteiger partial charge is 0.496 e. The second-order valence-electron chi connectivity index (χ2n) is 6.38. The fourth-order valence-electron chi connectivity index (χ4n) is 3.13. The molecular weight excluding hydrogens is 418 g/mol. The van der Waals surface area contributed by atoms with E-state index in [-0.39, 0.29) is 23.7 Å². The van der Waals surface area contributed by atoms with Crippen molar-refractivity contribution in [3.8, 4) is 5.75 Å². The number of anilines is 1. The minimum Gasteiger partial charge on any atom is -0.496 e. The second-order valence-corrected chi connectivity index (χ2v) is 8.72. The Morgan fingerprint density at radius 2 is 1.93 bits per heavy atom. The monoisotopic (exact) mass is 439 g/mol. The first-order valence-corrected chi connectivity index (χ1v) is 10.7. The molecule has 0 radical (unpaired) electrons. The number of benzene rings is 2. The summed E-state index contributed by atoms with van der Waals surface area (Å²) in [7, 11) is -2.33. The van der Waals surface area contributed by atoms with Crippen LogP contribution in [0.15, 0.2) is 47.4 Å². The summed E-state index contributed by atoms with van der Waals surface area (Å²) < 4.78 is 38.2. The van der Waals surface area contributed by atoms with E-state index in [0.29, 0.717) is 29.5 Å². The third-order valence-electron chi connectivity index (χ3n) is 4.56. The number of primary amides is 1. The molecule has 0 bridgehead atoms. The van der Waals surface area contributed by atoms with Gasteiger partial charge in [-0.2, -0.15) is 4.31 Å². The number of nitrogens with one attached hydrogen (secondary N) is 1. The maximum atomic E-state index is 13.1. The number of rotatable bonds is 7. The van der Waals surface area contributed by atoms with Crippen LogP contribution in [0.3, 0.4) is 0 Å². The molecule has 1 aliphatic heterocycles. The van der Waals surface area contributed by atoms with Crippen molar-refractivity contribution < 1.29 is 22.7 Å². The van der Waals surface area contributed by atoms with Crippen molar-refractivity contribution >= 4 is 33.2 Å². The number of nitrogens with two attached hydrogens (primary N) is 1. The van der Waals surface area contributed by atoms with Crippen LogP contribution < -0.4 is 15.8 Å². The molecule has 0 spiro atoms. The van der Waals surface area contributed by atoms with E-state index in [0.717, 1.165) is 0 Å². The highest BCUT2D eigenvalue weighted by Gasteiger charge is 2.30. The van der Waals surface area contributed by atoms with Gasteiger partial charge in [-0.25, -0.2) is 8.42 Å². The van der Waals surface area contributed by atoms with Crippen molar-refractivity contribution in [3.63, 3.8) is 0 Å². The molecule has 1 aliphatic rings. The molecule has 1 fully saturated rings. The van der Waals surface area contributed by atoms with Gasteiger partial charge < -0.3 is 20.5 Å². The number of hydrogen-bond donors (Lipinski definition) is 2. The van der Waals surface area contributed by atoms with E-state index in [1.807, 2.05) is 0 Å². The molecule has 2 aromatic rings. The molecule has 3 rings (SSSR count). The van der Waals surface area contributed by atoms with Gasteiger partial charge in [-0.1, -0.05) is 23.7 Å². The third-order valence-corrected chi connectivity index (χ3v) is 6.75. The Morgan fingerprint density at radius 3 is 2.59 bits per heavy atom. The first-order valence-electron chi connectivity index (χ1n) is 8.91. The summed E-state index contributed by atoms with van der Waals surface area (Å²) in [6.45, 7) is 1.19. The van der Waals surface area contributed by atoms with Crippen molar-refractivity contribution in [1.82, 2.24) is 4.31 Å². The van der Waals surface area contributed by atoms with Crippen molar-refractivity contribution in [2.45, 2.75) is 10.9 Å². The number of carbonyl (C=O) groups is 1. The van der Waals surface area contributed by atoms with Crippen LogP contribution in [-0.4, -0.2) is 52.0 Å². The van der Waals surface area contributed by atoms with Crippen molar-refractivity contribution in [2.75, 3.05) is 38.7 Å². The molecule has 1 atom stereocenters. The number of methoxy groups -OCH3 is 1. The first kappa shape index (κ1) is 21.4. The summed E-state index contributed by atoms with van der Waals surface area (Å²) in [6, 6.07) is 10.1. The standard InChI is InChI=1S/C19H22ClN3O5S/c1-27-16-7-6-13(20)12-14(16)18(19(21)24)22-15-4-2-3-5-17(15)29(25,26)23-8-10-28-11-9-23/h2-7,12,18,22H,8-11H2,1H3,(H2,21,24). The molecule has 1 heterocycles. The van der Waals surface area contributed by atoms with Gasteiger partial charge in [0.1, 0.15) is 16.7 Å². The Hall–Kier alpha value is -2.33. The van der Waals surface area contributed by atoms with Crippen LogP contribution in [-0.2, 0) is 19.6 Å². The lowest BCUT2D eigenvalue weighted by Crippen LogP contribution is -2.41. The maximum absolute atomic E-state index is 13.1. The zero-order valence-corrected chi connectivity index (χ0v) is 17.4. The summed E-state index contributed by atoms with van der Waals surface area (Å²) in [4.78, 5) is 12.3. The molecule has 8 nitrogen and oxygen atoms in total. The molecule has 3 N–H and O–H groups in total. The van der Waals surface area contributed by atoms with Gasteiger partial charge in [-0.3, -0.25) is 4.79 Å². The predicted octanol–water partition coefficient (Wildman–Crippen LogP) is 2.01. The van der Waals surface area contributed by atoms with Gasteiger partial charge in [-0.05, 0) is 30.3 Å². The number of nitrogens with zero attached hydrogens (tertiary/aromatic N) is 1. The Bertz CT molecular complexity index is 993. The number of sulfonamides is 1. The summed E-state index contributed by atoms with van der Waals surface area (Å²) in [5.74, 6) is -0.302. The van der Waals surface area contributed by atoms with Crippen LogP contribution in [0.2, 0.25) is 5.02 Å². The summed E-state index contributed by atoms with van der Waals surface area (Å²) in [5.41, 5.74) is 6.28. The number of hydrogen-bond acceptors (Lipinski definition) is 6. The van der Waals surface area contributed by atoms with Gasteiger partial charge in [0.05, 0.1) is 26.0 Å². The van der Waals surface area contributed by atoms with E-state index in [4.69, 9.17) is 26.8 Å². The number of halogens is 1. The lowest BCUT2D eigenvalue weighted by Gasteiger charge is -2.28. The van der Waals surface area contributed by atoms with E-state index in [1.165, 1.54) is 17.5 Å². The van der Waals surface area contributed by atoms with E-state index in [2.05, 4.69) is 5.32 Å². The van der Waals surface area contributed by atoms with Gasteiger partial charge in [-0.15, -0.1) is 0 Å². The van der Waals surface area contributed by atoms with E-state index < -0.39 is 22.0 Å². The molecule has 156 valence electrons. The maximum Gasteiger partial charge on any atom is 0.245 e. The number of ether oxygens (including phenoxy) is 2. The summed E-state index contributed by atoms with van der Waals surface area (Å²) >= 11 is 6.08. The number of para-hydroxylation sites is 1. The molecule has 0 aromatic heterocycles. The summed E-state index contributed by atoms with van der Waals surface area (Å²) in [6.07, 6.45) is 0. The number of amides is 1. The molecule has 1 saturated heterocycles. The van der Waals surface area contributed by atoms with Crippen LogP contribution in [0.4, 0.5) is 5.69 Å². The van der Waals surface area contributed by atoms with Gasteiger partial charge in [0.15, 0.2) is 0 Å². The average Bonchev–Trinajstić information content (AvgIpc) is 2.72. The van der Waals surface area contributed by atoms with Gasteiger partial charge in [0.25, 0.3) is 0 Å². The zero-order valence-electron chi connectivity index (χ0n) is 15.8. The highest BCUT2D eigenvalue weighted by Crippen LogP contribution is 2.33. The molecular formula is C19H22ClN3O5S.